The fourth-order valence-electron chi connectivity index (χ4n) is 2.03. The molecule has 1 fully saturated rings. The predicted octanol–water partition coefficient (Wildman–Crippen LogP) is 2.36. The molecule has 1 saturated heterocycles. The molecule has 2 nitrogen and oxygen atoms in total. The van der Waals surface area contributed by atoms with Crippen LogP contribution in [0.1, 0.15) is 23.5 Å². The summed E-state index contributed by atoms with van der Waals surface area (Å²) >= 11 is 0. The van der Waals surface area contributed by atoms with E-state index in [0.717, 1.165) is 31.1 Å². The molecule has 1 atom stereocenters. The van der Waals surface area contributed by atoms with Crippen molar-refractivity contribution in [3.05, 3.63) is 29.3 Å². The highest BCUT2D eigenvalue weighted by Gasteiger charge is 2.33. The summed E-state index contributed by atoms with van der Waals surface area (Å²) in [6.07, 6.45) is -3.42. The smallest absolute Gasteiger partial charge is 0.398 e. The first-order valence-electron chi connectivity index (χ1n) is 5.16. The molecule has 88 valence electrons. The molecule has 5 heteroatoms. The topological polar surface area (TPSA) is 38.0 Å². The minimum absolute atomic E-state index is 0.183. The molecule has 0 saturated carbocycles. The van der Waals surface area contributed by atoms with Crippen molar-refractivity contribution in [1.82, 2.24) is 5.32 Å². The minimum atomic E-state index is -4.36. The average molecular weight is 230 g/mol. The van der Waals surface area contributed by atoms with Crippen LogP contribution in [0.4, 0.5) is 18.9 Å². The second-order valence-corrected chi connectivity index (χ2v) is 4.03. The lowest BCUT2D eigenvalue weighted by Crippen LogP contribution is -2.11. The zero-order chi connectivity index (χ0) is 11.8. The quantitative estimate of drug-likeness (QED) is 0.727. The Morgan fingerprint density at radius 2 is 2.06 bits per heavy atom. The molecule has 1 aromatic rings. The molecule has 1 unspecified atom stereocenters. The Hall–Kier alpha value is -1.23. The molecule has 2 rings (SSSR count). The van der Waals surface area contributed by atoms with E-state index < -0.39 is 11.7 Å². The van der Waals surface area contributed by atoms with Crippen LogP contribution in [0.25, 0.3) is 0 Å². The molecule has 1 aliphatic heterocycles. The normalized spacial score (nSPS) is 21.3. The fraction of sp³-hybridized carbons (Fsp3) is 0.455. The van der Waals surface area contributed by atoms with Crippen molar-refractivity contribution < 1.29 is 13.2 Å². The number of benzene rings is 1. The second-order valence-electron chi connectivity index (χ2n) is 4.03. The van der Waals surface area contributed by atoms with Crippen molar-refractivity contribution in [2.45, 2.75) is 18.5 Å². The molecule has 0 spiro atoms. The van der Waals surface area contributed by atoms with Crippen molar-refractivity contribution in [1.29, 1.82) is 0 Å². The number of hydrogen-bond acceptors (Lipinski definition) is 2. The zero-order valence-corrected chi connectivity index (χ0v) is 8.64. The molecule has 1 aromatic carbocycles. The minimum Gasteiger partial charge on any atom is -0.398 e. The molecule has 0 aromatic heterocycles. The molecule has 0 radical (unpaired) electrons. The number of anilines is 1. The van der Waals surface area contributed by atoms with E-state index in [1.807, 2.05) is 0 Å². The van der Waals surface area contributed by atoms with E-state index >= 15 is 0 Å². The van der Waals surface area contributed by atoms with Crippen molar-refractivity contribution in [3.8, 4) is 0 Å². The van der Waals surface area contributed by atoms with Crippen LogP contribution in [0.2, 0.25) is 0 Å². The lowest BCUT2D eigenvalue weighted by atomic mass is 9.96. The Labute approximate surface area is 91.6 Å². The highest BCUT2D eigenvalue weighted by molar-refractivity contribution is 5.51. The van der Waals surface area contributed by atoms with Gasteiger partial charge < -0.3 is 11.1 Å². The van der Waals surface area contributed by atoms with Crippen LogP contribution in [0, 0.1) is 0 Å². The summed E-state index contributed by atoms with van der Waals surface area (Å²) in [6.45, 7) is 1.72. The van der Waals surface area contributed by atoms with E-state index in [1.54, 1.807) is 0 Å². The first-order chi connectivity index (χ1) is 7.48. The zero-order valence-electron chi connectivity index (χ0n) is 8.64. The molecular weight excluding hydrogens is 217 g/mol. The number of nitrogens with one attached hydrogen (secondary N) is 1. The van der Waals surface area contributed by atoms with Gasteiger partial charge in [0.1, 0.15) is 0 Å². The maximum atomic E-state index is 12.5. The van der Waals surface area contributed by atoms with Crippen molar-refractivity contribution >= 4 is 5.69 Å². The number of hydrogen-bond donors (Lipinski definition) is 2. The molecular formula is C11H13F3N2. The average Bonchev–Trinajstić information content (AvgIpc) is 2.68. The van der Waals surface area contributed by atoms with E-state index in [-0.39, 0.29) is 11.6 Å². The summed E-state index contributed by atoms with van der Waals surface area (Å²) in [5.74, 6) is 0.282. The molecule has 1 aliphatic rings. The van der Waals surface area contributed by atoms with Gasteiger partial charge in [-0.1, -0.05) is 6.07 Å². The maximum absolute atomic E-state index is 12.5. The Morgan fingerprint density at radius 1 is 1.31 bits per heavy atom. The summed E-state index contributed by atoms with van der Waals surface area (Å²) in [5, 5.41) is 3.17. The number of nitrogens with two attached hydrogens (primary N) is 1. The van der Waals surface area contributed by atoms with Gasteiger partial charge in [0.15, 0.2) is 0 Å². The van der Waals surface area contributed by atoms with Crippen LogP contribution in [-0.4, -0.2) is 13.1 Å². The molecule has 1 heterocycles. The van der Waals surface area contributed by atoms with E-state index in [0.29, 0.717) is 0 Å². The van der Waals surface area contributed by atoms with Gasteiger partial charge in [0.25, 0.3) is 0 Å². The largest absolute Gasteiger partial charge is 0.418 e. The van der Waals surface area contributed by atoms with E-state index in [9.17, 15) is 13.2 Å². The van der Waals surface area contributed by atoms with Gasteiger partial charge >= 0.3 is 6.18 Å². The van der Waals surface area contributed by atoms with Gasteiger partial charge in [-0.25, -0.2) is 0 Å². The Morgan fingerprint density at radius 3 is 2.56 bits per heavy atom. The van der Waals surface area contributed by atoms with Crippen LogP contribution in [-0.2, 0) is 6.18 Å². The summed E-state index contributed by atoms with van der Waals surface area (Å²) in [5.41, 5.74) is 5.39. The molecule has 16 heavy (non-hydrogen) atoms. The summed E-state index contributed by atoms with van der Waals surface area (Å²) < 4.78 is 37.4. The molecule has 3 N–H and O–H groups in total. The Bertz CT molecular complexity index is 381. The monoisotopic (exact) mass is 230 g/mol. The first-order valence-corrected chi connectivity index (χ1v) is 5.16. The van der Waals surface area contributed by atoms with Gasteiger partial charge in [-0.05, 0) is 36.6 Å². The van der Waals surface area contributed by atoms with Crippen LogP contribution in [0.3, 0.4) is 0 Å². The maximum Gasteiger partial charge on any atom is 0.418 e. The van der Waals surface area contributed by atoms with Crippen LogP contribution >= 0.6 is 0 Å². The highest BCUT2D eigenvalue weighted by atomic mass is 19.4. The van der Waals surface area contributed by atoms with Gasteiger partial charge in [0, 0.05) is 12.2 Å². The van der Waals surface area contributed by atoms with Crippen LogP contribution < -0.4 is 11.1 Å². The second kappa shape index (κ2) is 3.97. The molecule has 0 aliphatic carbocycles. The van der Waals surface area contributed by atoms with Crippen LogP contribution in [0.5, 0.6) is 0 Å². The van der Waals surface area contributed by atoms with Crippen molar-refractivity contribution in [2.24, 2.45) is 0 Å². The van der Waals surface area contributed by atoms with Crippen molar-refractivity contribution in [2.75, 3.05) is 18.8 Å². The first kappa shape index (κ1) is 11.3. The molecule has 0 bridgehead atoms. The summed E-state index contributed by atoms with van der Waals surface area (Å²) in [6, 6.07) is 4.04. The third-order valence-electron chi connectivity index (χ3n) is 2.91. The number of nitrogen functional groups attached to an aromatic ring is 1. The summed E-state index contributed by atoms with van der Waals surface area (Å²) in [7, 11) is 0. The van der Waals surface area contributed by atoms with E-state index in [4.69, 9.17) is 5.73 Å². The lowest BCUT2D eigenvalue weighted by molar-refractivity contribution is -0.136. The highest BCUT2D eigenvalue weighted by Crippen LogP contribution is 2.35. The van der Waals surface area contributed by atoms with E-state index in [2.05, 4.69) is 5.32 Å². The van der Waals surface area contributed by atoms with Gasteiger partial charge in [-0.3, -0.25) is 0 Å². The van der Waals surface area contributed by atoms with Gasteiger partial charge in [0.05, 0.1) is 5.56 Å². The predicted molar refractivity (Wildman–Crippen MR) is 56.1 cm³/mol. The Kier molecular flexibility index (Phi) is 2.80. The van der Waals surface area contributed by atoms with Crippen molar-refractivity contribution in [3.63, 3.8) is 0 Å². The van der Waals surface area contributed by atoms with Gasteiger partial charge in [-0.15, -0.1) is 0 Å². The fourth-order valence-corrected chi connectivity index (χ4v) is 2.03. The molecule has 0 amide bonds. The Balaban J connectivity index is 2.29. The summed E-state index contributed by atoms with van der Waals surface area (Å²) in [4.78, 5) is 0. The standard InChI is InChI=1S/C11H13F3N2/c12-11(13,14)9-2-1-7(5-10(9)15)8-3-4-16-6-8/h1-2,5,8,16H,3-4,6,15H2. The van der Waals surface area contributed by atoms with Crippen LogP contribution in [0.15, 0.2) is 18.2 Å². The SMILES string of the molecule is Nc1cc(C2CCNC2)ccc1C(F)(F)F. The number of rotatable bonds is 1. The van der Waals surface area contributed by atoms with E-state index in [1.165, 1.54) is 12.1 Å². The third kappa shape index (κ3) is 2.14. The van der Waals surface area contributed by atoms with Gasteiger partial charge in [0.2, 0.25) is 0 Å². The number of halogens is 3. The number of alkyl halides is 3. The lowest BCUT2D eigenvalue weighted by Gasteiger charge is -2.14. The third-order valence-corrected chi connectivity index (χ3v) is 2.91. The van der Waals surface area contributed by atoms with Gasteiger partial charge in [-0.2, -0.15) is 13.2 Å².